The topological polar surface area (TPSA) is 40.6 Å². The third-order valence-corrected chi connectivity index (χ3v) is 6.43. The number of halogens is 1. The SMILES string of the molecule is CCc1ccc(N2C(=O)C(c3ccc(Cl)cc3)=C(N3CCCc4ccccc43)C2=O)cc1. The molecule has 0 unspecified atom stereocenters. The number of carbonyl (C=O) groups excluding carboxylic acids is 2. The number of nitrogens with zero attached hydrogens (tertiary/aromatic N) is 2. The van der Waals surface area contributed by atoms with Gasteiger partial charge in [-0.15, -0.1) is 0 Å². The molecule has 5 rings (SSSR count). The van der Waals surface area contributed by atoms with E-state index in [1.54, 1.807) is 12.1 Å². The number of rotatable bonds is 4. The fourth-order valence-corrected chi connectivity index (χ4v) is 4.65. The number of carbonyl (C=O) groups is 2. The summed E-state index contributed by atoms with van der Waals surface area (Å²) in [5.74, 6) is -0.597. The summed E-state index contributed by atoms with van der Waals surface area (Å²) in [7, 11) is 0. The minimum absolute atomic E-state index is 0.291. The molecular weight excluding hydrogens is 420 g/mol. The Morgan fingerprint density at radius 1 is 0.875 bits per heavy atom. The molecule has 0 aliphatic carbocycles. The van der Waals surface area contributed by atoms with Crippen LogP contribution in [0.15, 0.2) is 78.5 Å². The molecule has 2 heterocycles. The van der Waals surface area contributed by atoms with Crippen LogP contribution in [-0.4, -0.2) is 18.4 Å². The van der Waals surface area contributed by atoms with Crippen molar-refractivity contribution in [2.24, 2.45) is 0 Å². The lowest BCUT2D eigenvalue weighted by molar-refractivity contribution is -0.120. The van der Waals surface area contributed by atoms with Crippen molar-refractivity contribution in [2.45, 2.75) is 26.2 Å². The van der Waals surface area contributed by atoms with Gasteiger partial charge in [-0.2, -0.15) is 0 Å². The van der Waals surface area contributed by atoms with Crippen molar-refractivity contribution in [3.63, 3.8) is 0 Å². The average molecular weight is 443 g/mol. The molecule has 2 aliphatic rings. The lowest BCUT2D eigenvalue weighted by Crippen LogP contribution is -2.37. The van der Waals surface area contributed by atoms with Crippen molar-refractivity contribution in [3.8, 4) is 0 Å². The van der Waals surface area contributed by atoms with Crippen LogP contribution in [0.5, 0.6) is 0 Å². The number of benzene rings is 3. The molecular formula is C27H23ClN2O2. The summed E-state index contributed by atoms with van der Waals surface area (Å²) in [5, 5.41) is 0.586. The van der Waals surface area contributed by atoms with E-state index in [2.05, 4.69) is 13.0 Å². The van der Waals surface area contributed by atoms with E-state index in [4.69, 9.17) is 11.6 Å². The summed E-state index contributed by atoms with van der Waals surface area (Å²) in [4.78, 5) is 30.8. The molecule has 0 atom stereocenters. The van der Waals surface area contributed by atoms with Crippen LogP contribution in [0.25, 0.3) is 5.57 Å². The zero-order valence-corrected chi connectivity index (χ0v) is 18.6. The molecule has 4 nitrogen and oxygen atoms in total. The Morgan fingerprint density at radius 2 is 1.59 bits per heavy atom. The first-order valence-electron chi connectivity index (χ1n) is 10.9. The summed E-state index contributed by atoms with van der Waals surface area (Å²) in [6, 6.07) is 22.8. The summed E-state index contributed by atoms with van der Waals surface area (Å²) in [6.07, 6.45) is 2.77. The van der Waals surface area contributed by atoms with Crippen LogP contribution in [0, 0.1) is 0 Å². The van der Waals surface area contributed by atoms with Gasteiger partial charge >= 0.3 is 0 Å². The molecule has 2 aliphatic heterocycles. The Balaban J connectivity index is 1.67. The molecule has 0 spiro atoms. The van der Waals surface area contributed by atoms with Crippen LogP contribution >= 0.6 is 11.6 Å². The van der Waals surface area contributed by atoms with Crippen LogP contribution < -0.4 is 9.80 Å². The maximum atomic E-state index is 13.8. The highest BCUT2D eigenvalue weighted by atomic mass is 35.5. The van der Waals surface area contributed by atoms with E-state index in [1.807, 2.05) is 59.5 Å². The van der Waals surface area contributed by atoms with Gasteiger partial charge < -0.3 is 4.90 Å². The first kappa shape index (κ1) is 20.5. The van der Waals surface area contributed by atoms with Gasteiger partial charge in [0, 0.05) is 17.3 Å². The van der Waals surface area contributed by atoms with Gasteiger partial charge in [-0.1, -0.05) is 61.0 Å². The lowest BCUT2D eigenvalue weighted by Gasteiger charge is -2.32. The number of aryl methyl sites for hydroxylation is 2. The third kappa shape index (κ3) is 3.41. The highest BCUT2D eigenvalue weighted by Crippen LogP contribution is 2.39. The molecule has 2 amide bonds. The fourth-order valence-electron chi connectivity index (χ4n) is 4.53. The molecule has 3 aromatic carbocycles. The molecule has 0 bridgehead atoms. The van der Waals surface area contributed by atoms with Gasteiger partial charge in [0.15, 0.2) is 0 Å². The molecule has 32 heavy (non-hydrogen) atoms. The molecule has 0 saturated heterocycles. The first-order chi connectivity index (χ1) is 15.6. The molecule has 0 saturated carbocycles. The predicted molar refractivity (Wildman–Crippen MR) is 129 cm³/mol. The van der Waals surface area contributed by atoms with Crippen LogP contribution in [-0.2, 0) is 22.4 Å². The molecule has 5 heteroatoms. The Bertz CT molecular complexity index is 1230. The van der Waals surface area contributed by atoms with E-state index in [0.29, 0.717) is 34.1 Å². The standard InChI is InChI=1S/C27H23ClN2O2/c1-2-18-9-15-22(16-10-18)30-26(31)24(20-11-13-21(28)14-12-20)25(27(30)32)29-17-5-7-19-6-3-4-8-23(19)29/h3-4,6,8-16H,2,5,7,17H2,1H3. The van der Waals surface area contributed by atoms with E-state index in [1.165, 1.54) is 10.5 Å². The van der Waals surface area contributed by atoms with Crippen LogP contribution in [0.4, 0.5) is 11.4 Å². The minimum Gasteiger partial charge on any atom is -0.336 e. The average Bonchev–Trinajstić information content (AvgIpc) is 3.09. The van der Waals surface area contributed by atoms with Gasteiger partial charge in [-0.25, -0.2) is 4.90 Å². The normalized spacial score (nSPS) is 16.1. The smallest absolute Gasteiger partial charge is 0.282 e. The monoisotopic (exact) mass is 442 g/mol. The Kier molecular flexibility index (Phi) is 5.32. The number of fused-ring (bicyclic) bond motifs is 1. The quantitative estimate of drug-likeness (QED) is 0.491. The summed E-state index contributed by atoms with van der Waals surface area (Å²) < 4.78 is 0. The first-order valence-corrected chi connectivity index (χ1v) is 11.3. The molecule has 0 aromatic heterocycles. The molecule has 0 fully saturated rings. The summed E-state index contributed by atoms with van der Waals surface area (Å²) >= 11 is 6.10. The number of amides is 2. The van der Waals surface area contributed by atoms with Gasteiger partial charge in [0.2, 0.25) is 0 Å². The van der Waals surface area contributed by atoms with E-state index >= 15 is 0 Å². The van der Waals surface area contributed by atoms with Crippen molar-refractivity contribution in [1.29, 1.82) is 0 Å². The van der Waals surface area contributed by atoms with Crippen molar-refractivity contribution in [3.05, 3.63) is 100 Å². The molecule has 3 aromatic rings. The predicted octanol–water partition coefficient (Wildman–Crippen LogP) is 5.64. The molecule has 0 radical (unpaired) electrons. The van der Waals surface area contributed by atoms with Crippen molar-refractivity contribution >= 4 is 40.4 Å². The highest BCUT2D eigenvalue weighted by Gasteiger charge is 2.43. The second kappa shape index (κ2) is 8.29. The van der Waals surface area contributed by atoms with Gasteiger partial charge in [0.1, 0.15) is 5.70 Å². The van der Waals surface area contributed by atoms with E-state index in [-0.39, 0.29) is 11.8 Å². The number of hydrogen-bond acceptors (Lipinski definition) is 3. The van der Waals surface area contributed by atoms with Crippen LogP contribution in [0.2, 0.25) is 5.02 Å². The van der Waals surface area contributed by atoms with Crippen molar-refractivity contribution < 1.29 is 9.59 Å². The van der Waals surface area contributed by atoms with E-state index < -0.39 is 0 Å². The number of anilines is 2. The number of hydrogen-bond donors (Lipinski definition) is 0. The second-order valence-corrected chi connectivity index (χ2v) is 8.52. The minimum atomic E-state index is -0.306. The van der Waals surface area contributed by atoms with Gasteiger partial charge in [0.05, 0.1) is 11.3 Å². The lowest BCUT2D eigenvalue weighted by atomic mass is 9.98. The maximum Gasteiger partial charge on any atom is 0.282 e. The summed E-state index contributed by atoms with van der Waals surface area (Å²) in [5.41, 5.74) is 5.47. The number of para-hydroxylation sites is 1. The second-order valence-electron chi connectivity index (χ2n) is 8.08. The van der Waals surface area contributed by atoms with Crippen molar-refractivity contribution in [1.82, 2.24) is 0 Å². The maximum absolute atomic E-state index is 13.8. The van der Waals surface area contributed by atoms with Crippen molar-refractivity contribution in [2.75, 3.05) is 16.3 Å². The Morgan fingerprint density at radius 3 is 2.31 bits per heavy atom. The Hall–Kier alpha value is -3.37. The summed E-state index contributed by atoms with van der Waals surface area (Å²) in [6.45, 7) is 2.76. The fraction of sp³-hybridized carbons (Fsp3) is 0.185. The zero-order chi connectivity index (χ0) is 22.2. The van der Waals surface area contributed by atoms with Gasteiger partial charge in [-0.05, 0) is 66.3 Å². The van der Waals surface area contributed by atoms with Gasteiger partial charge in [-0.3, -0.25) is 9.59 Å². The van der Waals surface area contributed by atoms with E-state index in [9.17, 15) is 9.59 Å². The van der Waals surface area contributed by atoms with Crippen LogP contribution in [0.1, 0.15) is 30.0 Å². The molecule has 160 valence electrons. The Labute approximate surface area is 192 Å². The highest BCUT2D eigenvalue weighted by molar-refractivity contribution is 6.46. The van der Waals surface area contributed by atoms with E-state index in [0.717, 1.165) is 30.5 Å². The van der Waals surface area contributed by atoms with Gasteiger partial charge in [0.25, 0.3) is 11.8 Å². The largest absolute Gasteiger partial charge is 0.336 e. The zero-order valence-electron chi connectivity index (χ0n) is 17.8. The molecule has 0 N–H and O–H groups in total. The number of imide groups is 1. The third-order valence-electron chi connectivity index (χ3n) is 6.18. The van der Waals surface area contributed by atoms with Crippen LogP contribution in [0.3, 0.4) is 0 Å².